The topological polar surface area (TPSA) is 40.5 Å². The van der Waals surface area contributed by atoms with E-state index in [-0.39, 0.29) is 12.1 Å². The Hall–Kier alpha value is -2.20. The molecule has 0 aliphatic carbocycles. The van der Waals surface area contributed by atoms with Crippen molar-refractivity contribution in [2.75, 3.05) is 0 Å². The van der Waals surface area contributed by atoms with Gasteiger partial charge in [-0.3, -0.25) is 10.0 Å². The first-order valence-corrected chi connectivity index (χ1v) is 5.47. The van der Waals surface area contributed by atoms with Crippen LogP contribution in [0.4, 0.5) is 4.39 Å². The highest BCUT2D eigenvalue weighted by Gasteiger charge is 2.17. The summed E-state index contributed by atoms with van der Waals surface area (Å²) in [6, 6.07) is 14.6. The SMILES string of the molecule is O=C(c1ccccc1F)N(O)Cc1ccccc1. The van der Waals surface area contributed by atoms with E-state index in [9.17, 15) is 14.4 Å². The fourth-order valence-corrected chi connectivity index (χ4v) is 1.60. The molecule has 92 valence electrons. The number of halogens is 1. The smallest absolute Gasteiger partial charge is 0.280 e. The number of amides is 1. The van der Waals surface area contributed by atoms with Crippen LogP contribution in [0.2, 0.25) is 0 Å². The van der Waals surface area contributed by atoms with Gasteiger partial charge in [0, 0.05) is 0 Å². The number of benzene rings is 2. The van der Waals surface area contributed by atoms with Crippen molar-refractivity contribution in [2.45, 2.75) is 6.54 Å². The van der Waals surface area contributed by atoms with Gasteiger partial charge in [0.2, 0.25) is 0 Å². The number of carbonyl (C=O) groups is 1. The van der Waals surface area contributed by atoms with Crippen molar-refractivity contribution in [1.29, 1.82) is 0 Å². The van der Waals surface area contributed by atoms with Crippen molar-refractivity contribution < 1.29 is 14.4 Å². The quantitative estimate of drug-likeness (QED) is 0.667. The normalized spacial score (nSPS) is 10.1. The zero-order chi connectivity index (χ0) is 13.0. The lowest BCUT2D eigenvalue weighted by Gasteiger charge is -2.15. The van der Waals surface area contributed by atoms with Crippen molar-refractivity contribution in [2.24, 2.45) is 0 Å². The maximum atomic E-state index is 13.4. The largest absolute Gasteiger partial charge is 0.285 e. The number of hydrogen-bond donors (Lipinski definition) is 1. The molecule has 1 N–H and O–H groups in total. The summed E-state index contributed by atoms with van der Waals surface area (Å²) in [5.41, 5.74) is 0.626. The lowest BCUT2D eigenvalue weighted by atomic mass is 10.2. The lowest BCUT2D eigenvalue weighted by molar-refractivity contribution is -0.0651. The van der Waals surface area contributed by atoms with Gasteiger partial charge in [0.15, 0.2) is 0 Å². The average Bonchev–Trinajstić information content (AvgIpc) is 2.39. The van der Waals surface area contributed by atoms with E-state index in [0.717, 1.165) is 5.56 Å². The standard InChI is InChI=1S/C14H12FNO2/c15-13-9-5-4-8-12(13)14(17)16(18)10-11-6-2-1-3-7-11/h1-9,18H,10H2. The Kier molecular flexibility index (Phi) is 3.69. The molecular formula is C14H12FNO2. The van der Waals surface area contributed by atoms with E-state index in [1.807, 2.05) is 6.07 Å². The minimum atomic E-state index is -0.753. The van der Waals surface area contributed by atoms with Gasteiger partial charge in [-0.2, -0.15) is 0 Å². The first-order valence-electron chi connectivity index (χ1n) is 5.47. The van der Waals surface area contributed by atoms with Crippen molar-refractivity contribution in [3.8, 4) is 0 Å². The summed E-state index contributed by atoms with van der Waals surface area (Å²) < 4.78 is 13.4. The molecule has 0 saturated carbocycles. The van der Waals surface area contributed by atoms with E-state index in [2.05, 4.69) is 0 Å². The monoisotopic (exact) mass is 245 g/mol. The highest BCUT2D eigenvalue weighted by molar-refractivity contribution is 5.93. The van der Waals surface area contributed by atoms with Crippen LogP contribution >= 0.6 is 0 Å². The fourth-order valence-electron chi connectivity index (χ4n) is 1.60. The van der Waals surface area contributed by atoms with Crippen LogP contribution in [-0.4, -0.2) is 16.2 Å². The van der Waals surface area contributed by atoms with E-state index in [4.69, 9.17) is 0 Å². The van der Waals surface area contributed by atoms with Crippen molar-refractivity contribution in [1.82, 2.24) is 5.06 Å². The molecule has 0 bridgehead atoms. The van der Waals surface area contributed by atoms with Gasteiger partial charge in [-0.05, 0) is 17.7 Å². The fraction of sp³-hybridized carbons (Fsp3) is 0.0714. The molecule has 2 aromatic carbocycles. The molecule has 0 atom stereocenters. The Balaban J connectivity index is 2.13. The van der Waals surface area contributed by atoms with Crippen LogP contribution in [0, 0.1) is 5.82 Å². The number of hydrogen-bond acceptors (Lipinski definition) is 2. The van der Waals surface area contributed by atoms with Crippen LogP contribution in [0.15, 0.2) is 54.6 Å². The third kappa shape index (κ3) is 2.73. The molecule has 2 aromatic rings. The number of rotatable bonds is 3. The van der Waals surface area contributed by atoms with Gasteiger partial charge in [0.05, 0.1) is 12.1 Å². The minimum Gasteiger partial charge on any atom is -0.285 e. The van der Waals surface area contributed by atoms with E-state index in [1.54, 1.807) is 30.3 Å². The third-order valence-corrected chi connectivity index (χ3v) is 2.51. The number of hydroxylamine groups is 2. The molecule has 2 rings (SSSR count). The Morgan fingerprint density at radius 3 is 2.33 bits per heavy atom. The van der Waals surface area contributed by atoms with Gasteiger partial charge in [-0.15, -0.1) is 0 Å². The Bertz CT molecular complexity index is 543. The molecule has 0 saturated heterocycles. The molecule has 0 spiro atoms. The first kappa shape index (κ1) is 12.3. The highest BCUT2D eigenvalue weighted by Crippen LogP contribution is 2.11. The molecule has 0 radical (unpaired) electrons. The number of carbonyl (C=O) groups excluding carboxylic acids is 1. The predicted octanol–water partition coefficient (Wildman–Crippen LogP) is 2.86. The molecule has 3 nitrogen and oxygen atoms in total. The van der Waals surface area contributed by atoms with E-state index < -0.39 is 11.7 Å². The molecule has 1 amide bonds. The minimum absolute atomic E-state index is 0.0218. The van der Waals surface area contributed by atoms with Gasteiger partial charge < -0.3 is 0 Å². The van der Waals surface area contributed by atoms with Crippen LogP contribution < -0.4 is 0 Å². The molecular weight excluding hydrogens is 233 g/mol. The highest BCUT2D eigenvalue weighted by atomic mass is 19.1. The molecule has 0 aliphatic heterocycles. The average molecular weight is 245 g/mol. The Morgan fingerprint density at radius 2 is 1.67 bits per heavy atom. The summed E-state index contributed by atoms with van der Waals surface area (Å²) >= 11 is 0. The molecule has 18 heavy (non-hydrogen) atoms. The maximum absolute atomic E-state index is 13.4. The van der Waals surface area contributed by atoms with E-state index in [1.165, 1.54) is 18.2 Å². The Morgan fingerprint density at radius 1 is 1.06 bits per heavy atom. The zero-order valence-corrected chi connectivity index (χ0v) is 9.58. The van der Waals surface area contributed by atoms with E-state index in [0.29, 0.717) is 5.06 Å². The van der Waals surface area contributed by atoms with Gasteiger partial charge in [-0.1, -0.05) is 42.5 Å². The van der Waals surface area contributed by atoms with Crippen LogP contribution in [-0.2, 0) is 6.54 Å². The van der Waals surface area contributed by atoms with Gasteiger partial charge in [0.25, 0.3) is 5.91 Å². The second-order valence-electron chi connectivity index (χ2n) is 3.83. The summed E-state index contributed by atoms with van der Waals surface area (Å²) in [5, 5.41) is 10.2. The van der Waals surface area contributed by atoms with Gasteiger partial charge in [-0.25, -0.2) is 9.45 Å². The summed E-state index contributed by atoms with van der Waals surface area (Å²) in [6.45, 7) is 0.0218. The van der Waals surface area contributed by atoms with Crippen LogP contribution in [0.25, 0.3) is 0 Å². The van der Waals surface area contributed by atoms with Crippen LogP contribution in [0.1, 0.15) is 15.9 Å². The van der Waals surface area contributed by atoms with Crippen molar-refractivity contribution >= 4 is 5.91 Å². The maximum Gasteiger partial charge on any atom is 0.280 e. The number of nitrogens with zero attached hydrogens (tertiary/aromatic N) is 1. The van der Waals surface area contributed by atoms with E-state index >= 15 is 0 Å². The third-order valence-electron chi connectivity index (χ3n) is 2.51. The van der Waals surface area contributed by atoms with Crippen molar-refractivity contribution in [3.63, 3.8) is 0 Å². The molecule has 0 fully saturated rings. The summed E-state index contributed by atoms with van der Waals surface area (Å²) in [5.74, 6) is -1.40. The first-order chi connectivity index (χ1) is 8.68. The predicted molar refractivity (Wildman–Crippen MR) is 64.5 cm³/mol. The summed E-state index contributed by atoms with van der Waals surface area (Å²) in [4.78, 5) is 11.8. The second kappa shape index (κ2) is 5.42. The zero-order valence-electron chi connectivity index (χ0n) is 9.58. The van der Waals surface area contributed by atoms with Crippen LogP contribution in [0.5, 0.6) is 0 Å². The molecule has 0 unspecified atom stereocenters. The molecule has 0 heterocycles. The van der Waals surface area contributed by atoms with Gasteiger partial charge in [0.1, 0.15) is 5.82 Å². The summed E-state index contributed by atoms with van der Waals surface area (Å²) in [7, 11) is 0. The van der Waals surface area contributed by atoms with Crippen LogP contribution in [0.3, 0.4) is 0 Å². The van der Waals surface area contributed by atoms with Gasteiger partial charge >= 0.3 is 0 Å². The molecule has 0 aromatic heterocycles. The second-order valence-corrected chi connectivity index (χ2v) is 3.83. The van der Waals surface area contributed by atoms with Crippen molar-refractivity contribution in [3.05, 3.63) is 71.5 Å². The Labute approximate surface area is 104 Å². The molecule has 4 heteroatoms. The molecule has 0 aliphatic rings. The summed E-state index contributed by atoms with van der Waals surface area (Å²) in [6.07, 6.45) is 0. The lowest BCUT2D eigenvalue weighted by Crippen LogP contribution is -2.27.